The fourth-order valence-corrected chi connectivity index (χ4v) is 6.36. The second kappa shape index (κ2) is 51.2. The van der Waals surface area contributed by atoms with E-state index in [1.165, 1.54) is 12.8 Å². The molecule has 358 valence electrons. The Labute approximate surface area is 392 Å². The van der Waals surface area contributed by atoms with Crippen LogP contribution in [0.3, 0.4) is 0 Å². The summed E-state index contributed by atoms with van der Waals surface area (Å²) >= 11 is 0. The molecule has 0 aromatic carbocycles. The van der Waals surface area contributed by atoms with Gasteiger partial charge in [-0.05, 0) is 89.9 Å². The summed E-state index contributed by atoms with van der Waals surface area (Å²) in [4.78, 5) is 38.0. The van der Waals surface area contributed by atoms with E-state index < -0.39 is 6.10 Å². The van der Waals surface area contributed by atoms with Crippen molar-refractivity contribution in [3.63, 3.8) is 0 Å². The molecular formula is C58H90O6. The Balaban J connectivity index is 4.52. The van der Waals surface area contributed by atoms with Gasteiger partial charge in [-0.25, -0.2) is 0 Å². The van der Waals surface area contributed by atoms with Crippen molar-refractivity contribution in [1.29, 1.82) is 0 Å². The molecule has 0 amide bonds. The zero-order chi connectivity index (χ0) is 46.5. The predicted molar refractivity (Wildman–Crippen MR) is 274 cm³/mol. The van der Waals surface area contributed by atoms with E-state index in [-0.39, 0.29) is 37.5 Å². The van der Waals surface area contributed by atoms with Gasteiger partial charge in [0.25, 0.3) is 0 Å². The minimum Gasteiger partial charge on any atom is -0.462 e. The highest BCUT2D eigenvalue weighted by Gasteiger charge is 2.19. The third-order valence-electron chi connectivity index (χ3n) is 10.1. The third kappa shape index (κ3) is 48.6. The van der Waals surface area contributed by atoms with Gasteiger partial charge in [0, 0.05) is 19.3 Å². The maximum Gasteiger partial charge on any atom is 0.306 e. The van der Waals surface area contributed by atoms with Crippen molar-refractivity contribution in [2.24, 2.45) is 0 Å². The zero-order valence-electron chi connectivity index (χ0n) is 40.7. The van der Waals surface area contributed by atoms with Crippen LogP contribution in [0, 0.1) is 0 Å². The number of esters is 3. The largest absolute Gasteiger partial charge is 0.462 e. The van der Waals surface area contributed by atoms with Gasteiger partial charge < -0.3 is 14.2 Å². The van der Waals surface area contributed by atoms with Gasteiger partial charge in [0.15, 0.2) is 6.10 Å². The number of carbonyl (C=O) groups excluding carboxylic acids is 3. The van der Waals surface area contributed by atoms with E-state index in [0.29, 0.717) is 12.8 Å². The van der Waals surface area contributed by atoms with Crippen LogP contribution in [-0.4, -0.2) is 37.2 Å². The first-order chi connectivity index (χ1) is 31.5. The number of ether oxygens (including phenoxy) is 3. The molecule has 0 bridgehead atoms. The highest BCUT2D eigenvalue weighted by molar-refractivity contribution is 5.71. The maximum atomic E-state index is 12.8. The molecule has 0 spiro atoms. The summed E-state index contributed by atoms with van der Waals surface area (Å²) in [5.74, 6) is -0.977. The predicted octanol–water partition coefficient (Wildman–Crippen LogP) is 16.7. The first-order valence-corrected chi connectivity index (χ1v) is 25.3. The SMILES string of the molecule is CC\C=C/C=C\C=C/C=C\CCCCCCCC(=O)OCC(COC(=O)CCCCCCCC/C=C\C/C=C\C/C=C\CC)OC(=O)CCCCCCC\C=C/C=C\C=C/C=C\CC. The Bertz CT molecular complexity index is 1430. The molecule has 0 heterocycles. The van der Waals surface area contributed by atoms with E-state index in [0.717, 1.165) is 141 Å². The molecule has 0 saturated carbocycles. The minimum absolute atomic E-state index is 0.108. The molecule has 6 heteroatoms. The van der Waals surface area contributed by atoms with Gasteiger partial charge in [-0.1, -0.05) is 219 Å². The quantitative estimate of drug-likeness (QED) is 0.0200. The first-order valence-electron chi connectivity index (χ1n) is 25.3. The van der Waals surface area contributed by atoms with Gasteiger partial charge >= 0.3 is 17.9 Å². The zero-order valence-corrected chi connectivity index (χ0v) is 40.7. The van der Waals surface area contributed by atoms with Crippen molar-refractivity contribution >= 4 is 17.9 Å². The van der Waals surface area contributed by atoms with Crippen LogP contribution in [0.15, 0.2) is 134 Å². The first kappa shape index (κ1) is 59.5. The van der Waals surface area contributed by atoms with Gasteiger partial charge in [0.1, 0.15) is 13.2 Å². The molecule has 64 heavy (non-hydrogen) atoms. The van der Waals surface area contributed by atoms with Crippen molar-refractivity contribution in [1.82, 2.24) is 0 Å². The number of hydrogen-bond donors (Lipinski definition) is 0. The summed E-state index contributed by atoms with van der Waals surface area (Å²) < 4.78 is 16.7. The van der Waals surface area contributed by atoms with E-state index in [1.54, 1.807) is 0 Å². The van der Waals surface area contributed by atoms with Crippen molar-refractivity contribution in [3.8, 4) is 0 Å². The second-order valence-corrected chi connectivity index (χ2v) is 16.1. The summed E-state index contributed by atoms with van der Waals surface area (Å²) in [6.07, 6.45) is 71.4. The Kier molecular flexibility index (Phi) is 47.6. The van der Waals surface area contributed by atoms with Gasteiger partial charge in [-0.15, -0.1) is 0 Å². The van der Waals surface area contributed by atoms with E-state index in [2.05, 4.69) is 106 Å². The standard InChI is InChI=1S/C58H90O6/c1-4-7-10-13-16-19-22-25-28-31-33-36-39-42-45-48-51-57(60)63-54-55(64-58(61)52-49-46-43-40-37-34-30-27-24-21-18-15-12-9-6-3)53-62-56(59)50-47-44-41-38-35-32-29-26-23-20-17-14-11-8-5-2/h7-12,14-21,23-30,55H,4-6,13,22,31-54H2,1-3H3/b10-7-,11-8-,12-9-,17-14-,18-15-,19-16-,23-20-,24-21-,28-25-,29-26-,30-27-. The van der Waals surface area contributed by atoms with Crippen LogP contribution in [0.5, 0.6) is 0 Å². The molecule has 0 saturated heterocycles. The topological polar surface area (TPSA) is 78.9 Å². The van der Waals surface area contributed by atoms with Crippen LogP contribution in [0.1, 0.15) is 194 Å². The van der Waals surface area contributed by atoms with Gasteiger partial charge in [-0.3, -0.25) is 14.4 Å². The van der Waals surface area contributed by atoms with E-state index >= 15 is 0 Å². The molecule has 0 N–H and O–H groups in total. The summed E-state index contributed by atoms with van der Waals surface area (Å²) in [6, 6.07) is 0. The molecule has 6 nitrogen and oxygen atoms in total. The molecule has 0 fully saturated rings. The Hall–Kier alpha value is -4.45. The molecule has 0 rings (SSSR count). The molecule has 1 atom stereocenters. The van der Waals surface area contributed by atoms with Crippen molar-refractivity contribution in [2.45, 2.75) is 200 Å². The highest BCUT2D eigenvalue weighted by Crippen LogP contribution is 2.13. The molecule has 0 aliphatic rings. The van der Waals surface area contributed by atoms with Crippen LogP contribution in [0.4, 0.5) is 0 Å². The van der Waals surface area contributed by atoms with Crippen LogP contribution in [0.25, 0.3) is 0 Å². The van der Waals surface area contributed by atoms with Crippen LogP contribution >= 0.6 is 0 Å². The second-order valence-electron chi connectivity index (χ2n) is 16.1. The highest BCUT2D eigenvalue weighted by atomic mass is 16.6. The lowest BCUT2D eigenvalue weighted by molar-refractivity contribution is -0.167. The molecule has 0 aromatic heterocycles. The minimum atomic E-state index is -0.811. The molecule has 1 unspecified atom stereocenters. The molecular weight excluding hydrogens is 793 g/mol. The average Bonchev–Trinajstić information content (AvgIpc) is 3.29. The van der Waals surface area contributed by atoms with Gasteiger partial charge in [0.05, 0.1) is 0 Å². The van der Waals surface area contributed by atoms with Crippen molar-refractivity contribution < 1.29 is 28.6 Å². The number of hydrogen-bond acceptors (Lipinski definition) is 6. The third-order valence-corrected chi connectivity index (χ3v) is 10.1. The van der Waals surface area contributed by atoms with Crippen molar-refractivity contribution in [2.75, 3.05) is 13.2 Å². The monoisotopic (exact) mass is 883 g/mol. The van der Waals surface area contributed by atoms with E-state index in [1.807, 2.05) is 48.6 Å². The summed E-state index contributed by atoms with van der Waals surface area (Å²) in [7, 11) is 0. The number of allylic oxidation sites excluding steroid dienone is 22. The normalized spacial score (nSPS) is 13.2. The Morgan fingerprint density at radius 1 is 0.328 bits per heavy atom. The number of unbranched alkanes of at least 4 members (excludes halogenated alkanes) is 16. The molecule has 0 aliphatic heterocycles. The van der Waals surface area contributed by atoms with Crippen LogP contribution < -0.4 is 0 Å². The fraction of sp³-hybridized carbons (Fsp3) is 0.569. The van der Waals surface area contributed by atoms with E-state index in [4.69, 9.17) is 14.2 Å². The van der Waals surface area contributed by atoms with Gasteiger partial charge in [0.2, 0.25) is 0 Å². The smallest absolute Gasteiger partial charge is 0.306 e. The molecule has 0 aliphatic carbocycles. The maximum absolute atomic E-state index is 12.8. The van der Waals surface area contributed by atoms with E-state index in [9.17, 15) is 14.4 Å². The molecule has 0 aromatic rings. The lowest BCUT2D eigenvalue weighted by Gasteiger charge is -2.18. The van der Waals surface area contributed by atoms with Crippen LogP contribution in [0.2, 0.25) is 0 Å². The Morgan fingerprint density at radius 3 is 1.06 bits per heavy atom. The van der Waals surface area contributed by atoms with Crippen LogP contribution in [-0.2, 0) is 28.6 Å². The lowest BCUT2D eigenvalue weighted by atomic mass is 10.1. The average molecular weight is 883 g/mol. The Morgan fingerprint density at radius 2 is 0.641 bits per heavy atom. The number of carbonyl (C=O) groups is 3. The summed E-state index contributed by atoms with van der Waals surface area (Å²) in [5.41, 5.74) is 0. The number of rotatable bonds is 43. The summed E-state index contributed by atoms with van der Waals surface area (Å²) in [5, 5.41) is 0. The fourth-order valence-electron chi connectivity index (χ4n) is 6.36. The lowest BCUT2D eigenvalue weighted by Crippen LogP contribution is -2.30. The summed E-state index contributed by atoms with van der Waals surface area (Å²) in [6.45, 7) is 6.17. The van der Waals surface area contributed by atoms with Gasteiger partial charge in [-0.2, -0.15) is 0 Å². The van der Waals surface area contributed by atoms with Crippen molar-refractivity contribution in [3.05, 3.63) is 134 Å². The molecule has 0 radical (unpaired) electrons.